The van der Waals surface area contributed by atoms with E-state index in [1.54, 1.807) is 6.33 Å². The molecule has 4 heteroatoms. The monoisotopic (exact) mass is 328 g/mol. The average Bonchev–Trinajstić information content (AvgIpc) is 3.12. The van der Waals surface area contributed by atoms with E-state index in [0.717, 1.165) is 28.1 Å². The van der Waals surface area contributed by atoms with Crippen LogP contribution in [-0.2, 0) is 0 Å². The molecular formula is C21H20N4. The Morgan fingerprint density at radius 1 is 0.920 bits per heavy atom. The second-order valence-corrected chi connectivity index (χ2v) is 6.21. The number of rotatable bonds is 4. The first kappa shape index (κ1) is 15.4. The number of hydrogen-bond donors (Lipinski definition) is 1. The fourth-order valence-electron chi connectivity index (χ4n) is 3.12. The summed E-state index contributed by atoms with van der Waals surface area (Å²) in [5.74, 6) is 0.930. The van der Waals surface area contributed by atoms with Crippen molar-refractivity contribution in [2.45, 2.75) is 13.0 Å². The minimum absolute atomic E-state index is 0.217. The molecular weight excluding hydrogens is 308 g/mol. The van der Waals surface area contributed by atoms with E-state index in [1.165, 1.54) is 5.56 Å². The zero-order valence-electron chi connectivity index (χ0n) is 14.3. The predicted octanol–water partition coefficient (Wildman–Crippen LogP) is 4.82. The van der Waals surface area contributed by atoms with Crippen LogP contribution in [0.15, 0.2) is 73.1 Å². The van der Waals surface area contributed by atoms with Gasteiger partial charge in [-0.15, -0.1) is 0 Å². The molecule has 1 atom stereocenters. The topological polar surface area (TPSA) is 44.8 Å². The minimum atomic E-state index is 0.217. The number of aromatic amines is 1. The third-order valence-electron chi connectivity index (χ3n) is 4.69. The van der Waals surface area contributed by atoms with E-state index in [9.17, 15) is 0 Å². The summed E-state index contributed by atoms with van der Waals surface area (Å²) in [7, 11) is 2.08. The van der Waals surface area contributed by atoms with Crippen LogP contribution in [0.1, 0.15) is 18.5 Å². The van der Waals surface area contributed by atoms with Crippen LogP contribution in [0.3, 0.4) is 0 Å². The van der Waals surface area contributed by atoms with Crippen molar-refractivity contribution in [2.75, 3.05) is 11.9 Å². The molecule has 4 rings (SSSR count). The molecule has 1 N–H and O–H groups in total. The Balaban J connectivity index is 1.76. The van der Waals surface area contributed by atoms with Gasteiger partial charge in [0.25, 0.3) is 0 Å². The summed E-state index contributed by atoms with van der Waals surface area (Å²) in [5.41, 5.74) is 4.31. The molecule has 0 aliphatic heterocycles. The Morgan fingerprint density at radius 2 is 1.60 bits per heavy atom. The molecule has 0 fully saturated rings. The third kappa shape index (κ3) is 2.87. The molecule has 0 bridgehead atoms. The summed E-state index contributed by atoms with van der Waals surface area (Å²) in [4.78, 5) is 14.6. The van der Waals surface area contributed by atoms with Crippen LogP contribution >= 0.6 is 0 Å². The van der Waals surface area contributed by atoms with Crippen LogP contribution in [-0.4, -0.2) is 22.0 Å². The van der Waals surface area contributed by atoms with Gasteiger partial charge in [-0.1, -0.05) is 60.7 Å². The van der Waals surface area contributed by atoms with Gasteiger partial charge in [0.15, 0.2) is 0 Å². The van der Waals surface area contributed by atoms with Gasteiger partial charge in [-0.3, -0.25) is 0 Å². The summed E-state index contributed by atoms with van der Waals surface area (Å²) in [6, 6.07) is 23.1. The van der Waals surface area contributed by atoms with E-state index in [2.05, 4.69) is 76.3 Å². The third-order valence-corrected chi connectivity index (χ3v) is 4.69. The molecule has 2 aromatic heterocycles. The van der Waals surface area contributed by atoms with Gasteiger partial charge in [0.2, 0.25) is 0 Å². The lowest BCUT2D eigenvalue weighted by Crippen LogP contribution is -2.22. The van der Waals surface area contributed by atoms with Gasteiger partial charge in [0.05, 0.1) is 11.4 Å². The van der Waals surface area contributed by atoms with Gasteiger partial charge in [-0.25, -0.2) is 9.97 Å². The van der Waals surface area contributed by atoms with Crippen LogP contribution in [0.4, 0.5) is 5.82 Å². The van der Waals surface area contributed by atoms with Crippen LogP contribution in [0.5, 0.6) is 0 Å². The second-order valence-electron chi connectivity index (χ2n) is 6.21. The number of fused-ring (bicyclic) bond motifs is 1. The molecule has 4 nitrogen and oxygen atoms in total. The van der Waals surface area contributed by atoms with E-state index in [0.29, 0.717) is 0 Å². The molecule has 0 saturated carbocycles. The Kier molecular flexibility index (Phi) is 3.94. The molecule has 0 aliphatic carbocycles. The maximum absolute atomic E-state index is 4.56. The Bertz CT molecular complexity index is 977. The molecule has 0 radical (unpaired) electrons. The first-order chi connectivity index (χ1) is 12.2. The highest BCUT2D eigenvalue weighted by Crippen LogP contribution is 2.31. The largest absolute Gasteiger partial charge is 0.352 e. The van der Waals surface area contributed by atoms with E-state index < -0.39 is 0 Å². The first-order valence-electron chi connectivity index (χ1n) is 8.41. The summed E-state index contributed by atoms with van der Waals surface area (Å²) < 4.78 is 0. The number of anilines is 1. The van der Waals surface area contributed by atoms with Gasteiger partial charge in [0.1, 0.15) is 17.8 Å². The van der Waals surface area contributed by atoms with Crippen LogP contribution in [0.25, 0.3) is 22.3 Å². The number of H-pyrrole nitrogens is 1. The summed E-state index contributed by atoms with van der Waals surface area (Å²) >= 11 is 0. The standard InChI is InChI=1S/C21H20N4/c1-15(16-9-5-3-6-10-16)25(2)21-18-13-19(17-11-7-4-8-12-17)24-20(18)22-14-23-21/h3-15H,1-2H3,(H,22,23,24)/t15-/m1/s1. The normalized spacial score (nSPS) is 12.2. The Hall–Kier alpha value is -3.14. The van der Waals surface area contributed by atoms with Crippen molar-refractivity contribution in [3.8, 4) is 11.3 Å². The van der Waals surface area contributed by atoms with Crippen LogP contribution < -0.4 is 4.90 Å². The summed E-state index contributed by atoms with van der Waals surface area (Å²) in [6.07, 6.45) is 1.62. The summed E-state index contributed by atoms with van der Waals surface area (Å²) in [6.45, 7) is 2.19. The summed E-state index contributed by atoms with van der Waals surface area (Å²) in [5, 5.41) is 1.03. The molecule has 0 amide bonds. The molecule has 2 aromatic carbocycles. The second kappa shape index (κ2) is 6.40. The van der Waals surface area contributed by atoms with Crippen molar-refractivity contribution in [3.05, 3.63) is 78.6 Å². The molecule has 4 aromatic rings. The number of nitrogens with zero attached hydrogens (tertiary/aromatic N) is 3. The lowest BCUT2D eigenvalue weighted by atomic mass is 10.1. The van der Waals surface area contributed by atoms with E-state index in [-0.39, 0.29) is 6.04 Å². The van der Waals surface area contributed by atoms with Crippen LogP contribution in [0.2, 0.25) is 0 Å². The zero-order chi connectivity index (χ0) is 17.2. The molecule has 0 unspecified atom stereocenters. The van der Waals surface area contributed by atoms with Crippen LogP contribution in [0, 0.1) is 0 Å². The Morgan fingerprint density at radius 3 is 2.32 bits per heavy atom. The molecule has 0 saturated heterocycles. The highest BCUT2D eigenvalue weighted by atomic mass is 15.2. The van der Waals surface area contributed by atoms with Gasteiger partial charge >= 0.3 is 0 Å². The number of nitrogens with one attached hydrogen (secondary N) is 1. The van der Waals surface area contributed by atoms with Gasteiger partial charge in [-0.2, -0.15) is 0 Å². The van der Waals surface area contributed by atoms with Gasteiger partial charge in [-0.05, 0) is 24.1 Å². The van der Waals surface area contributed by atoms with E-state index in [1.807, 2.05) is 24.3 Å². The van der Waals surface area contributed by atoms with Crippen molar-refractivity contribution in [1.29, 1.82) is 0 Å². The lowest BCUT2D eigenvalue weighted by molar-refractivity contribution is 0.731. The lowest BCUT2D eigenvalue weighted by Gasteiger charge is -2.26. The fraction of sp³-hybridized carbons (Fsp3) is 0.143. The average molecular weight is 328 g/mol. The van der Waals surface area contributed by atoms with E-state index >= 15 is 0 Å². The molecule has 124 valence electrons. The van der Waals surface area contributed by atoms with Crippen molar-refractivity contribution >= 4 is 16.9 Å². The van der Waals surface area contributed by atoms with Gasteiger partial charge in [0, 0.05) is 12.7 Å². The van der Waals surface area contributed by atoms with Crippen molar-refractivity contribution in [2.24, 2.45) is 0 Å². The number of benzene rings is 2. The quantitative estimate of drug-likeness (QED) is 0.584. The molecule has 0 spiro atoms. The zero-order valence-corrected chi connectivity index (χ0v) is 14.3. The van der Waals surface area contributed by atoms with E-state index in [4.69, 9.17) is 0 Å². The van der Waals surface area contributed by atoms with Crippen molar-refractivity contribution in [3.63, 3.8) is 0 Å². The molecule has 0 aliphatic rings. The number of hydrogen-bond acceptors (Lipinski definition) is 3. The SMILES string of the molecule is C[C@H](c1ccccc1)N(C)c1ncnc2[nH]c(-c3ccccc3)cc12. The molecule has 2 heterocycles. The first-order valence-corrected chi connectivity index (χ1v) is 8.41. The highest BCUT2D eigenvalue weighted by molar-refractivity contribution is 5.91. The van der Waals surface area contributed by atoms with Crippen molar-refractivity contribution < 1.29 is 0 Å². The maximum Gasteiger partial charge on any atom is 0.143 e. The predicted molar refractivity (Wildman–Crippen MR) is 103 cm³/mol. The fourth-order valence-corrected chi connectivity index (χ4v) is 3.12. The smallest absolute Gasteiger partial charge is 0.143 e. The maximum atomic E-state index is 4.56. The van der Waals surface area contributed by atoms with Gasteiger partial charge < -0.3 is 9.88 Å². The highest BCUT2D eigenvalue weighted by Gasteiger charge is 2.17. The molecule has 25 heavy (non-hydrogen) atoms. The Labute approximate surface area is 147 Å². The number of aromatic nitrogens is 3. The minimum Gasteiger partial charge on any atom is -0.352 e. The van der Waals surface area contributed by atoms with Crippen molar-refractivity contribution in [1.82, 2.24) is 15.0 Å².